The van der Waals surface area contributed by atoms with E-state index >= 15 is 0 Å². The molecule has 1 aliphatic heterocycles. The van der Waals surface area contributed by atoms with Crippen molar-refractivity contribution < 1.29 is 0 Å². The number of benzene rings is 1. The highest BCUT2D eigenvalue weighted by atomic mass is 16.1. The molecule has 0 saturated carbocycles. The molecule has 0 unspecified atom stereocenters. The molecule has 7 heteroatoms. The lowest BCUT2D eigenvalue weighted by Gasteiger charge is -2.29. The lowest BCUT2D eigenvalue weighted by atomic mass is 10.1. The molecule has 0 bridgehead atoms. The largest absolute Gasteiger partial charge is 0.368 e. The minimum absolute atomic E-state index is 0.0710. The van der Waals surface area contributed by atoms with Crippen LogP contribution in [0.1, 0.15) is 0 Å². The number of pyridine rings is 1. The third-order valence-electron chi connectivity index (χ3n) is 5.04. The molecule has 5 rings (SSSR count). The van der Waals surface area contributed by atoms with E-state index < -0.39 is 0 Å². The van der Waals surface area contributed by atoms with Gasteiger partial charge in [0.2, 0.25) is 0 Å². The highest BCUT2D eigenvalue weighted by Gasteiger charge is 2.12. The van der Waals surface area contributed by atoms with Gasteiger partial charge in [0, 0.05) is 62.6 Å². The molecule has 1 fully saturated rings. The summed E-state index contributed by atoms with van der Waals surface area (Å²) in [7, 11) is 1.90. The first-order valence-corrected chi connectivity index (χ1v) is 9.10. The van der Waals surface area contributed by atoms with Crippen LogP contribution in [0, 0.1) is 0 Å². The van der Waals surface area contributed by atoms with Crippen molar-refractivity contribution in [1.82, 2.24) is 24.5 Å². The molecule has 1 N–H and O–H groups in total. The summed E-state index contributed by atoms with van der Waals surface area (Å²) in [5.41, 5.74) is 4.17. The van der Waals surface area contributed by atoms with Crippen molar-refractivity contribution in [3.8, 4) is 11.3 Å². The summed E-state index contributed by atoms with van der Waals surface area (Å²) in [6, 6.07) is 11.5. The average molecular weight is 360 g/mol. The number of aromatic nitrogens is 4. The highest BCUT2D eigenvalue weighted by Crippen LogP contribution is 2.23. The second kappa shape index (κ2) is 6.21. The normalized spacial score (nSPS) is 14.9. The molecule has 7 nitrogen and oxygen atoms in total. The van der Waals surface area contributed by atoms with Crippen LogP contribution in [-0.4, -0.2) is 45.3 Å². The molecule has 1 aromatic carbocycles. The third kappa shape index (κ3) is 2.86. The number of aryl methyl sites for hydroxylation is 1. The molecular formula is C20H20N6O. The van der Waals surface area contributed by atoms with Crippen LogP contribution in [0.15, 0.2) is 53.6 Å². The zero-order chi connectivity index (χ0) is 18.4. The SMILES string of the molecule is Cn1cc2cc(-c3cc(=O)n4cc(N5CCNCC5)ccc4n3)ccc2n1. The Morgan fingerprint density at radius 3 is 2.74 bits per heavy atom. The summed E-state index contributed by atoms with van der Waals surface area (Å²) in [5, 5.41) is 8.77. The summed E-state index contributed by atoms with van der Waals surface area (Å²) in [6.07, 6.45) is 3.86. The zero-order valence-electron chi connectivity index (χ0n) is 15.1. The van der Waals surface area contributed by atoms with Gasteiger partial charge in [0.1, 0.15) is 5.65 Å². The van der Waals surface area contributed by atoms with Gasteiger partial charge in [-0.3, -0.25) is 13.9 Å². The molecule has 27 heavy (non-hydrogen) atoms. The number of anilines is 1. The van der Waals surface area contributed by atoms with E-state index in [2.05, 4.69) is 15.3 Å². The first-order valence-electron chi connectivity index (χ1n) is 9.10. The van der Waals surface area contributed by atoms with E-state index in [0.29, 0.717) is 11.3 Å². The lowest BCUT2D eigenvalue weighted by Crippen LogP contribution is -2.43. The molecule has 1 saturated heterocycles. The number of nitrogens with zero attached hydrogens (tertiary/aromatic N) is 5. The van der Waals surface area contributed by atoms with Gasteiger partial charge in [-0.1, -0.05) is 6.07 Å². The van der Waals surface area contributed by atoms with Crippen molar-refractivity contribution in [2.75, 3.05) is 31.1 Å². The van der Waals surface area contributed by atoms with Gasteiger partial charge in [0.15, 0.2) is 0 Å². The average Bonchev–Trinajstić information content (AvgIpc) is 3.07. The monoisotopic (exact) mass is 360 g/mol. The van der Waals surface area contributed by atoms with E-state index in [1.54, 1.807) is 15.1 Å². The number of hydrogen-bond donors (Lipinski definition) is 1. The van der Waals surface area contributed by atoms with Gasteiger partial charge >= 0.3 is 0 Å². The van der Waals surface area contributed by atoms with Crippen molar-refractivity contribution in [1.29, 1.82) is 0 Å². The predicted octanol–water partition coefficient (Wildman–Crippen LogP) is 1.66. The van der Waals surface area contributed by atoms with Crippen LogP contribution in [0.2, 0.25) is 0 Å². The highest BCUT2D eigenvalue weighted by molar-refractivity contribution is 5.83. The molecule has 0 spiro atoms. The van der Waals surface area contributed by atoms with Crippen LogP contribution in [0.25, 0.3) is 27.8 Å². The Morgan fingerprint density at radius 1 is 1.04 bits per heavy atom. The second-order valence-corrected chi connectivity index (χ2v) is 6.91. The Hall–Kier alpha value is -3.19. The Kier molecular flexibility index (Phi) is 3.68. The molecule has 0 atom stereocenters. The summed E-state index contributed by atoms with van der Waals surface area (Å²) in [4.78, 5) is 19.7. The number of fused-ring (bicyclic) bond motifs is 2. The molecule has 136 valence electrons. The van der Waals surface area contributed by atoms with Crippen molar-refractivity contribution in [2.45, 2.75) is 0 Å². The summed E-state index contributed by atoms with van der Waals surface area (Å²) >= 11 is 0. The van der Waals surface area contributed by atoms with E-state index in [1.165, 1.54) is 0 Å². The van der Waals surface area contributed by atoms with Crippen molar-refractivity contribution in [2.24, 2.45) is 7.05 Å². The fraction of sp³-hybridized carbons (Fsp3) is 0.250. The van der Waals surface area contributed by atoms with Crippen molar-refractivity contribution in [3.05, 3.63) is 59.1 Å². The zero-order valence-corrected chi connectivity index (χ0v) is 15.1. The maximum Gasteiger partial charge on any atom is 0.258 e. The first kappa shape index (κ1) is 16.0. The molecule has 0 amide bonds. The van der Waals surface area contributed by atoms with Gasteiger partial charge in [0.05, 0.1) is 16.9 Å². The first-order chi connectivity index (χ1) is 13.2. The van der Waals surface area contributed by atoms with Gasteiger partial charge < -0.3 is 10.2 Å². The lowest BCUT2D eigenvalue weighted by molar-refractivity contribution is 0.588. The van der Waals surface area contributed by atoms with Crippen LogP contribution in [0.4, 0.5) is 5.69 Å². The van der Waals surface area contributed by atoms with E-state index in [0.717, 1.165) is 48.3 Å². The van der Waals surface area contributed by atoms with E-state index in [9.17, 15) is 4.79 Å². The van der Waals surface area contributed by atoms with E-state index in [1.807, 2.05) is 49.8 Å². The fourth-order valence-corrected chi connectivity index (χ4v) is 3.66. The Labute approximate surface area is 155 Å². The predicted molar refractivity (Wildman–Crippen MR) is 106 cm³/mol. The maximum atomic E-state index is 12.8. The molecule has 3 aromatic heterocycles. The standard InChI is InChI=1S/C20H20N6O/c1-24-12-15-10-14(2-4-17(15)23-24)18-11-20(27)26-13-16(3-5-19(26)22-18)25-8-6-21-7-9-25/h2-5,10-13,21H,6-9H2,1H3. The Balaban J connectivity index is 1.58. The van der Waals surface area contributed by atoms with Crippen LogP contribution in [0.5, 0.6) is 0 Å². The number of piperazine rings is 1. The van der Waals surface area contributed by atoms with Gasteiger partial charge in [-0.15, -0.1) is 0 Å². The molecule has 4 heterocycles. The quantitative estimate of drug-likeness (QED) is 0.589. The molecule has 0 aliphatic carbocycles. The minimum Gasteiger partial charge on any atom is -0.368 e. The van der Waals surface area contributed by atoms with Crippen LogP contribution in [0.3, 0.4) is 0 Å². The fourth-order valence-electron chi connectivity index (χ4n) is 3.66. The van der Waals surface area contributed by atoms with Gasteiger partial charge in [0.25, 0.3) is 5.56 Å². The van der Waals surface area contributed by atoms with Crippen LogP contribution < -0.4 is 15.8 Å². The molecular weight excluding hydrogens is 340 g/mol. The maximum absolute atomic E-state index is 12.8. The number of hydrogen-bond acceptors (Lipinski definition) is 5. The second-order valence-electron chi connectivity index (χ2n) is 6.91. The van der Waals surface area contributed by atoms with Crippen LogP contribution >= 0.6 is 0 Å². The third-order valence-corrected chi connectivity index (χ3v) is 5.04. The Bertz CT molecular complexity index is 1200. The number of rotatable bonds is 2. The van der Waals surface area contributed by atoms with E-state index in [-0.39, 0.29) is 5.56 Å². The molecule has 1 aliphatic rings. The van der Waals surface area contributed by atoms with Crippen molar-refractivity contribution in [3.63, 3.8) is 0 Å². The minimum atomic E-state index is -0.0710. The van der Waals surface area contributed by atoms with E-state index in [4.69, 9.17) is 4.98 Å². The molecule has 4 aromatic rings. The topological polar surface area (TPSA) is 67.5 Å². The molecule has 0 radical (unpaired) electrons. The van der Waals surface area contributed by atoms with Gasteiger partial charge in [-0.05, 0) is 24.3 Å². The van der Waals surface area contributed by atoms with Gasteiger partial charge in [-0.2, -0.15) is 5.10 Å². The van der Waals surface area contributed by atoms with Gasteiger partial charge in [-0.25, -0.2) is 4.98 Å². The smallest absolute Gasteiger partial charge is 0.258 e. The summed E-state index contributed by atoms with van der Waals surface area (Å²) < 4.78 is 3.41. The van der Waals surface area contributed by atoms with Crippen molar-refractivity contribution >= 4 is 22.2 Å². The number of nitrogens with one attached hydrogen (secondary N) is 1. The van der Waals surface area contributed by atoms with Crippen LogP contribution in [-0.2, 0) is 7.05 Å². The Morgan fingerprint density at radius 2 is 1.89 bits per heavy atom. The summed E-state index contributed by atoms with van der Waals surface area (Å²) in [6.45, 7) is 3.80. The summed E-state index contributed by atoms with van der Waals surface area (Å²) in [5.74, 6) is 0.